The first-order valence-corrected chi connectivity index (χ1v) is 7.76. The molecule has 19 heavy (non-hydrogen) atoms. The summed E-state index contributed by atoms with van der Waals surface area (Å²) in [5.41, 5.74) is 6.15. The molecule has 108 valence electrons. The summed E-state index contributed by atoms with van der Waals surface area (Å²) in [6.45, 7) is 1.99. The van der Waals surface area contributed by atoms with E-state index in [1.54, 1.807) is 14.0 Å². The van der Waals surface area contributed by atoms with Gasteiger partial charge in [0.25, 0.3) is 0 Å². The van der Waals surface area contributed by atoms with E-state index < -0.39 is 10.0 Å². The molecule has 0 amide bonds. The van der Waals surface area contributed by atoms with E-state index in [9.17, 15) is 13.5 Å². The van der Waals surface area contributed by atoms with Gasteiger partial charge in [-0.1, -0.05) is 0 Å². The van der Waals surface area contributed by atoms with Gasteiger partial charge in [-0.05, 0) is 32.1 Å². The molecule has 0 spiro atoms. The molecule has 1 fully saturated rings. The van der Waals surface area contributed by atoms with E-state index in [1.807, 2.05) is 0 Å². The van der Waals surface area contributed by atoms with Gasteiger partial charge in [0.15, 0.2) is 5.82 Å². The predicted octanol–water partition coefficient (Wildman–Crippen LogP) is -0.250. The topological polar surface area (TPSA) is 110 Å². The molecular formula is C11H20N4O3S. The maximum atomic E-state index is 12.2. The van der Waals surface area contributed by atoms with E-state index >= 15 is 0 Å². The Morgan fingerprint density at radius 1 is 1.53 bits per heavy atom. The van der Waals surface area contributed by atoms with Gasteiger partial charge in [-0.2, -0.15) is 5.10 Å². The van der Waals surface area contributed by atoms with Crippen LogP contribution < -0.4 is 10.5 Å². The number of hydrogen-bond acceptors (Lipinski definition) is 5. The second-order valence-corrected chi connectivity index (χ2v) is 6.81. The Morgan fingerprint density at radius 2 is 2.21 bits per heavy atom. The molecule has 1 aliphatic rings. The maximum Gasteiger partial charge on any atom is 0.246 e. The second-order valence-electron chi connectivity index (χ2n) is 5.11. The molecule has 2 unspecified atom stereocenters. The van der Waals surface area contributed by atoms with Gasteiger partial charge in [-0.25, -0.2) is 13.1 Å². The Balaban J connectivity index is 2.10. The van der Waals surface area contributed by atoms with Crippen LogP contribution in [0, 0.1) is 12.8 Å². The first-order chi connectivity index (χ1) is 8.81. The number of nitrogens with one attached hydrogen (secondary N) is 1. The van der Waals surface area contributed by atoms with Gasteiger partial charge < -0.3 is 10.8 Å². The standard InChI is InChI=1S/C11H20N4O3S/c1-7-10(11(12)14-15(7)2)19(17,18)13-6-8-3-4-9(16)5-8/h8-9,13,16H,3-6H2,1-2H3,(H2,12,14). The molecular weight excluding hydrogens is 268 g/mol. The number of hydrogen-bond donors (Lipinski definition) is 3. The first-order valence-electron chi connectivity index (χ1n) is 6.28. The summed E-state index contributed by atoms with van der Waals surface area (Å²) in [6, 6.07) is 0. The molecule has 1 aromatic heterocycles. The predicted molar refractivity (Wildman–Crippen MR) is 70.9 cm³/mol. The molecule has 0 aliphatic heterocycles. The van der Waals surface area contributed by atoms with Crippen molar-refractivity contribution >= 4 is 15.8 Å². The van der Waals surface area contributed by atoms with Gasteiger partial charge >= 0.3 is 0 Å². The number of rotatable bonds is 4. The molecule has 2 atom stereocenters. The number of aliphatic hydroxyl groups is 1. The minimum Gasteiger partial charge on any atom is -0.393 e. The van der Waals surface area contributed by atoms with Gasteiger partial charge in [0.05, 0.1) is 11.8 Å². The van der Waals surface area contributed by atoms with Gasteiger partial charge in [-0.3, -0.25) is 4.68 Å². The lowest BCUT2D eigenvalue weighted by atomic mass is 10.1. The lowest BCUT2D eigenvalue weighted by molar-refractivity contribution is 0.178. The third kappa shape index (κ3) is 2.90. The number of aliphatic hydroxyl groups excluding tert-OH is 1. The minimum absolute atomic E-state index is 0.0129. The molecule has 0 aromatic carbocycles. The average molecular weight is 288 g/mol. The first kappa shape index (κ1) is 14.3. The number of aromatic nitrogens is 2. The molecule has 0 bridgehead atoms. The summed E-state index contributed by atoms with van der Waals surface area (Å²) in [4.78, 5) is 0.0496. The quantitative estimate of drug-likeness (QED) is 0.707. The van der Waals surface area contributed by atoms with Crippen molar-refractivity contribution in [2.75, 3.05) is 12.3 Å². The van der Waals surface area contributed by atoms with Crippen molar-refractivity contribution in [2.45, 2.75) is 37.2 Å². The van der Waals surface area contributed by atoms with E-state index in [4.69, 9.17) is 5.73 Å². The number of anilines is 1. The summed E-state index contributed by atoms with van der Waals surface area (Å²) in [5, 5.41) is 13.3. The van der Waals surface area contributed by atoms with Gasteiger partial charge in [0.1, 0.15) is 4.90 Å². The molecule has 2 rings (SSSR count). The third-order valence-corrected chi connectivity index (χ3v) is 5.24. The summed E-state index contributed by atoms with van der Waals surface area (Å²) < 4.78 is 28.4. The monoisotopic (exact) mass is 288 g/mol. The molecule has 1 saturated carbocycles. The zero-order valence-electron chi connectivity index (χ0n) is 11.1. The lowest BCUT2D eigenvalue weighted by Crippen LogP contribution is -2.29. The Labute approximate surface area is 112 Å². The highest BCUT2D eigenvalue weighted by Gasteiger charge is 2.28. The smallest absolute Gasteiger partial charge is 0.246 e. The van der Waals surface area contributed by atoms with E-state index in [2.05, 4.69) is 9.82 Å². The maximum absolute atomic E-state index is 12.2. The number of nitrogens with two attached hydrogens (primary N) is 1. The van der Waals surface area contributed by atoms with E-state index in [0.29, 0.717) is 18.7 Å². The summed E-state index contributed by atoms with van der Waals surface area (Å²) in [5.74, 6) is 0.196. The number of sulfonamides is 1. The Kier molecular flexibility index (Phi) is 3.84. The van der Waals surface area contributed by atoms with Gasteiger partial charge in [0.2, 0.25) is 10.0 Å². The van der Waals surface area contributed by atoms with Crippen LogP contribution in [0.4, 0.5) is 5.82 Å². The Bertz CT molecular complexity index is 567. The summed E-state index contributed by atoms with van der Waals surface area (Å²) >= 11 is 0. The largest absolute Gasteiger partial charge is 0.393 e. The van der Waals surface area contributed by atoms with Crippen molar-refractivity contribution < 1.29 is 13.5 Å². The molecule has 1 aliphatic carbocycles. The van der Waals surface area contributed by atoms with Crippen LogP contribution in [-0.2, 0) is 17.1 Å². The molecule has 4 N–H and O–H groups in total. The van der Waals surface area contributed by atoms with Gasteiger partial charge in [0, 0.05) is 13.6 Å². The van der Waals surface area contributed by atoms with E-state index in [0.717, 1.165) is 12.8 Å². The van der Waals surface area contributed by atoms with Crippen molar-refractivity contribution in [1.82, 2.24) is 14.5 Å². The molecule has 0 radical (unpaired) electrons. The van der Waals surface area contributed by atoms with Gasteiger partial charge in [-0.15, -0.1) is 0 Å². The van der Waals surface area contributed by atoms with Crippen molar-refractivity contribution in [2.24, 2.45) is 13.0 Å². The zero-order chi connectivity index (χ0) is 14.2. The fraction of sp³-hybridized carbons (Fsp3) is 0.727. The van der Waals surface area contributed by atoms with Crippen LogP contribution in [0.25, 0.3) is 0 Å². The van der Waals surface area contributed by atoms with Crippen LogP contribution in [-0.4, -0.2) is 36.0 Å². The third-order valence-electron chi connectivity index (χ3n) is 3.65. The fourth-order valence-corrected chi connectivity index (χ4v) is 3.92. The molecule has 0 saturated heterocycles. The molecule has 8 heteroatoms. The molecule has 1 aromatic rings. The Hall–Kier alpha value is -1.12. The molecule has 1 heterocycles. The van der Waals surface area contributed by atoms with Crippen molar-refractivity contribution in [3.05, 3.63) is 5.69 Å². The lowest BCUT2D eigenvalue weighted by Gasteiger charge is -2.11. The minimum atomic E-state index is -3.65. The van der Waals surface area contributed by atoms with E-state index in [1.165, 1.54) is 4.68 Å². The SMILES string of the molecule is Cc1c(S(=O)(=O)NCC2CCC(O)C2)c(N)nn1C. The highest BCUT2D eigenvalue weighted by molar-refractivity contribution is 7.89. The van der Waals surface area contributed by atoms with Crippen LogP contribution in [0.5, 0.6) is 0 Å². The van der Waals surface area contributed by atoms with Crippen LogP contribution in [0.1, 0.15) is 25.0 Å². The van der Waals surface area contributed by atoms with Crippen LogP contribution in [0.15, 0.2) is 4.90 Å². The number of aryl methyl sites for hydroxylation is 1. The zero-order valence-corrected chi connectivity index (χ0v) is 11.9. The second kappa shape index (κ2) is 5.10. The van der Waals surface area contributed by atoms with Crippen LogP contribution in [0.2, 0.25) is 0 Å². The fourth-order valence-electron chi connectivity index (χ4n) is 2.48. The van der Waals surface area contributed by atoms with Crippen LogP contribution >= 0.6 is 0 Å². The number of nitrogen functional groups attached to an aromatic ring is 1. The Morgan fingerprint density at radius 3 is 2.68 bits per heavy atom. The summed E-state index contributed by atoms with van der Waals surface area (Å²) in [6.07, 6.45) is 1.91. The highest BCUT2D eigenvalue weighted by atomic mass is 32.2. The normalized spacial score (nSPS) is 23.9. The highest BCUT2D eigenvalue weighted by Crippen LogP contribution is 2.26. The van der Waals surface area contributed by atoms with E-state index in [-0.39, 0.29) is 22.7 Å². The number of nitrogens with zero attached hydrogens (tertiary/aromatic N) is 2. The van der Waals surface area contributed by atoms with Crippen molar-refractivity contribution in [3.63, 3.8) is 0 Å². The average Bonchev–Trinajstić information content (AvgIpc) is 2.82. The summed E-state index contributed by atoms with van der Waals surface area (Å²) in [7, 11) is -1.99. The molecule has 7 nitrogen and oxygen atoms in total. The van der Waals surface area contributed by atoms with Crippen molar-refractivity contribution in [3.8, 4) is 0 Å². The van der Waals surface area contributed by atoms with Crippen LogP contribution in [0.3, 0.4) is 0 Å². The van der Waals surface area contributed by atoms with Crippen molar-refractivity contribution in [1.29, 1.82) is 0 Å².